The van der Waals surface area contributed by atoms with Gasteiger partial charge in [0.05, 0.1) is 24.2 Å². The number of amides is 2. The Labute approximate surface area is 203 Å². The van der Waals surface area contributed by atoms with Crippen LogP contribution in [-0.2, 0) is 22.6 Å². The lowest BCUT2D eigenvalue weighted by atomic mass is 10.1. The van der Waals surface area contributed by atoms with Crippen molar-refractivity contribution < 1.29 is 9.59 Å². The van der Waals surface area contributed by atoms with Crippen LogP contribution < -0.4 is 4.90 Å². The molecule has 0 N–H and O–H groups in total. The Kier molecular flexibility index (Phi) is 6.62. The number of hydrogen-bond donors (Lipinski definition) is 0. The largest absolute Gasteiger partial charge is 0.335 e. The van der Waals surface area contributed by atoms with E-state index in [-0.39, 0.29) is 23.6 Å². The summed E-state index contributed by atoms with van der Waals surface area (Å²) in [5.41, 5.74) is 3.02. The van der Waals surface area contributed by atoms with Crippen LogP contribution in [0.1, 0.15) is 44.0 Å². The second-order valence-electron chi connectivity index (χ2n) is 8.81. The SMILES string of the molecule is CC1Cc2ccccc2N1C(=O)CSc1nnc(CN2CCCCCC2=O)n1-c1cccnc1. The summed E-state index contributed by atoms with van der Waals surface area (Å²) in [7, 11) is 0. The third-order valence-corrected chi connectivity index (χ3v) is 7.32. The molecule has 0 spiro atoms. The first-order chi connectivity index (χ1) is 16.6. The number of rotatable bonds is 6. The fraction of sp³-hybridized carbons (Fsp3) is 0.400. The zero-order chi connectivity index (χ0) is 23.5. The molecule has 8 nitrogen and oxygen atoms in total. The smallest absolute Gasteiger partial charge is 0.237 e. The number of anilines is 1. The van der Waals surface area contributed by atoms with Crippen molar-refractivity contribution in [2.24, 2.45) is 0 Å². The maximum Gasteiger partial charge on any atom is 0.237 e. The Morgan fingerprint density at radius 3 is 2.85 bits per heavy atom. The topological polar surface area (TPSA) is 84.2 Å². The number of carbonyl (C=O) groups excluding carboxylic acids is 2. The van der Waals surface area contributed by atoms with E-state index < -0.39 is 0 Å². The molecule has 1 atom stereocenters. The van der Waals surface area contributed by atoms with E-state index in [9.17, 15) is 9.59 Å². The van der Waals surface area contributed by atoms with E-state index in [2.05, 4.69) is 28.2 Å². The number of benzene rings is 1. The Hall–Kier alpha value is -3.20. The predicted octanol–water partition coefficient (Wildman–Crippen LogP) is 3.63. The second kappa shape index (κ2) is 9.97. The van der Waals surface area contributed by atoms with Crippen LogP contribution in [0.5, 0.6) is 0 Å². The molecular weight excluding hydrogens is 448 g/mol. The molecule has 2 amide bonds. The summed E-state index contributed by atoms with van der Waals surface area (Å²) in [6.07, 6.45) is 7.92. The first kappa shape index (κ1) is 22.6. The highest BCUT2D eigenvalue weighted by molar-refractivity contribution is 7.99. The molecule has 1 saturated heterocycles. The molecule has 4 heterocycles. The standard InChI is InChI=1S/C25H28N6O2S/c1-18-14-19-8-4-5-10-21(19)30(18)24(33)17-34-25-28-27-22(31(25)20-9-7-12-26-15-20)16-29-13-6-2-3-11-23(29)32/h4-5,7-10,12,15,18H,2-3,6,11,13-14,16-17H2,1H3. The molecule has 1 aromatic carbocycles. The molecule has 1 fully saturated rings. The van der Waals surface area contributed by atoms with Gasteiger partial charge in [0, 0.05) is 30.9 Å². The molecule has 176 valence electrons. The number of para-hydroxylation sites is 1. The van der Waals surface area contributed by atoms with Gasteiger partial charge in [-0.15, -0.1) is 10.2 Å². The van der Waals surface area contributed by atoms with Crippen LogP contribution >= 0.6 is 11.8 Å². The Bertz CT molecular complexity index is 1180. The monoisotopic (exact) mass is 476 g/mol. The van der Waals surface area contributed by atoms with Crippen molar-refractivity contribution >= 4 is 29.3 Å². The van der Waals surface area contributed by atoms with Gasteiger partial charge >= 0.3 is 0 Å². The molecule has 2 aromatic heterocycles. The van der Waals surface area contributed by atoms with Gasteiger partial charge in [-0.2, -0.15) is 0 Å². The summed E-state index contributed by atoms with van der Waals surface area (Å²) in [6, 6.07) is 12.0. The maximum absolute atomic E-state index is 13.2. The van der Waals surface area contributed by atoms with Crippen LogP contribution in [0, 0.1) is 0 Å². The van der Waals surface area contributed by atoms with Gasteiger partial charge in [0.25, 0.3) is 0 Å². The first-order valence-electron chi connectivity index (χ1n) is 11.8. The van der Waals surface area contributed by atoms with Crippen molar-refractivity contribution in [2.45, 2.75) is 56.8 Å². The van der Waals surface area contributed by atoms with Crippen LogP contribution in [0.3, 0.4) is 0 Å². The summed E-state index contributed by atoms with van der Waals surface area (Å²) in [5.74, 6) is 1.13. The fourth-order valence-electron chi connectivity index (χ4n) is 4.76. The average molecular weight is 477 g/mol. The van der Waals surface area contributed by atoms with Gasteiger partial charge in [0.15, 0.2) is 11.0 Å². The zero-order valence-corrected chi connectivity index (χ0v) is 20.1. The van der Waals surface area contributed by atoms with Crippen molar-refractivity contribution in [3.05, 3.63) is 60.2 Å². The van der Waals surface area contributed by atoms with E-state index in [0.29, 0.717) is 23.9 Å². The van der Waals surface area contributed by atoms with Gasteiger partial charge in [0.1, 0.15) is 0 Å². The van der Waals surface area contributed by atoms with Gasteiger partial charge in [-0.25, -0.2) is 0 Å². The quantitative estimate of drug-likeness (QED) is 0.505. The van der Waals surface area contributed by atoms with Gasteiger partial charge in [0.2, 0.25) is 11.8 Å². The molecule has 34 heavy (non-hydrogen) atoms. The minimum Gasteiger partial charge on any atom is -0.335 e. The number of thioether (sulfide) groups is 1. The number of aromatic nitrogens is 4. The molecule has 3 aromatic rings. The minimum atomic E-state index is 0.0485. The lowest BCUT2D eigenvalue weighted by Gasteiger charge is -2.22. The highest BCUT2D eigenvalue weighted by atomic mass is 32.2. The highest BCUT2D eigenvalue weighted by Crippen LogP contribution is 2.33. The van der Waals surface area contributed by atoms with E-state index in [1.54, 1.807) is 12.4 Å². The lowest BCUT2D eigenvalue weighted by Crippen LogP contribution is -2.37. The number of carbonyl (C=O) groups is 2. The van der Waals surface area contributed by atoms with E-state index in [0.717, 1.165) is 43.6 Å². The maximum atomic E-state index is 13.2. The van der Waals surface area contributed by atoms with Crippen LogP contribution in [0.15, 0.2) is 53.9 Å². The van der Waals surface area contributed by atoms with Crippen LogP contribution in [0.2, 0.25) is 0 Å². The third-order valence-electron chi connectivity index (χ3n) is 6.41. The molecule has 5 rings (SSSR count). The molecule has 0 bridgehead atoms. The van der Waals surface area contributed by atoms with Crippen molar-refractivity contribution in [3.63, 3.8) is 0 Å². The van der Waals surface area contributed by atoms with Crippen LogP contribution in [0.25, 0.3) is 5.69 Å². The number of pyridine rings is 1. The number of fused-ring (bicyclic) bond motifs is 1. The minimum absolute atomic E-state index is 0.0485. The van der Waals surface area contributed by atoms with E-state index >= 15 is 0 Å². The van der Waals surface area contributed by atoms with Gasteiger partial charge in [-0.05, 0) is 49.9 Å². The summed E-state index contributed by atoms with van der Waals surface area (Å²) >= 11 is 1.37. The summed E-state index contributed by atoms with van der Waals surface area (Å²) in [4.78, 5) is 33.8. The highest BCUT2D eigenvalue weighted by Gasteiger charge is 2.31. The van der Waals surface area contributed by atoms with Gasteiger partial charge in [-0.1, -0.05) is 36.4 Å². The van der Waals surface area contributed by atoms with Crippen molar-refractivity contribution in [1.82, 2.24) is 24.6 Å². The van der Waals surface area contributed by atoms with Crippen LogP contribution in [-0.4, -0.2) is 54.8 Å². The molecule has 0 saturated carbocycles. The van der Waals surface area contributed by atoms with Gasteiger partial charge in [-0.3, -0.25) is 19.1 Å². The summed E-state index contributed by atoms with van der Waals surface area (Å²) in [6.45, 7) is 3.20. The van der Waals surface area contributed by atoms with E-state index in [4.69, 9.17) is 0 Å². The van der Waals surface area contributed by atoms with Crippen molar-refractivity contribution in [2.75, 3.05) is 17.2 Å². The van der Waals surface area contributed by atoms with E-state index in [1.165, 1.54) is 17.3 Å². The Balaban J connectivity index is 1.37. The van der Waals surface area contributed by atoms with Crippen LogP contribution in [0.4, 0.5) is 5.69 Å². The zero-order valence-electron chi connectivity index (χ0n) is 19.3. The molecular formula is C25H28N6O2S. The first-order valence-corrected chi connectivity index (χ1v) is 12.8. The summed E-state index contributed by atoms with van der Waals surface area (Å²) < 4.78 is 1.92. The fourth-order valence-corrected chi connectivity index (χ4v) is 5.59. The second-order valence-corrected chi connectivity index (χ2v) is 9.75. The third kappa shape index (κ3) is 4.57. The number of nitrogens with zero attached hydrogens (tertiary/aromatic N) is 6. The van der Waals surface area contributed by atoms with E-state index in [1.807, 2.05) is 44.7 Å². The van der Waals surface area contributed by atoms with Gasteiger partial charge < -0.3 is 9.80 Å². The van der Waals surface area contributed by atoms with Crippen molar-refractivity contribution in [1.29, 1.82) is 0 Å². The average Bonchev–Trinajstić information content (AvgIpc) is 3.34. The number of likely N-dealkylation sites (tertiary alicyclic amines) is 1. The number of hydrogen-bond acceptors (Lipinski definition) is 6. The predicted molar refractivity (Wildman–Crippen MR) is 131 cm³/mol. The normalized spacial score (nSPS) is 18.1. The summed E-state index contributed by atoms with van der Waals surface area (Å²) in [5, 5.41) is 9.46. The lowest BCUT2D eigenvalue weighted by molar-refractivity contribution is -0.131. The molecule has 2 aliphatic rings. The molecule has 0 aliphatic carbocycles. The Morgan fingerprint density at radius 2 is 2.00 bits per heavy atom. The molecule has 9 heteroatoms. The molecule has 1 unspecified atom stereocenters. The van der Waals surface area contributed by atoms with Crippen molar-refractivity contribution in [3.8, 4) is 5.69 Å². The molecule has 0 radical (unpaired) electrons. The molecule has 2 aliphatic heterocycles. The Morgan fingerprint density at radius 1 is 1.12 bits per heavy atom.